The second kappa shape index (κ2) is 5.07. The minimum absolute atomic E-state index is 0.00701. The molecule has 0 N–H and O–H groups in total. The third kappa shape index (κ3) is 3.16. The van der Waals surface area contributed by atoms with Gasteiger partial charge < -0.3 is 4.74 Å². The van der Waals surface area contributed by atoms with Crippen molar-refractivity contribution in [3.05, 3.63) is 29.3 Å². The molecule has 0 amide bonds. The summed E-state index contributed by atoms with van der Waals surface area (Å²) >= 11 is 0. The van der Waals surface area contributed by atoms with Crippen molar-refractivity contribution in [2.45, 2.75) is 62.4 Å². The van der Waals surface area contributed by atoms with Crippen molar-refractivity contribution in [1.82, 2.24) is 0 Å². The molecule has 1 aromatic rings. The van der Waals surface area contributed by atoms with E-state index in [4.69, 9.17) is 4.74 Å². The van der Waals surface area contributed by atoms with E-state index in [1.807, 2.05) is 32.9 Å². The van der Waals surface area contributed by atoms with E-state index in [0.717, 1.165) is 24.8 Å². The van der Waals surface area contributed by atoms with Gasteiger partial charge in [-0.05, 0) is 74.6 Å². The Morgan fingerprint density at radius 1 is 1.35 bits per heavy atom. The number of sulfone groups is 1. The van der Waals surface area contributed by atoms with Crippen LogP contribution >= 0.6 is 0 Å². The van der Waals surface area contributed by atoms with E-state index in [1.165, 1.54) is 11.8 Å². The van der Waals surface area contributed by atoms with Crippen molar-refractivity contribution in [1.29, 1.82) is 0 Å². The molecule has 0 radical (unpaired) electrons. The number of ether oxygens (including phenoxy) is 1. The summed E-state index contributed by atoms with van der Waals surface area (Å²) in [4.78, 5) is 12.4. The monoisotopic (exact) mass is 336 g/mol. The summed E-state index contributed by atoms with van der Waals surface area (Å²) in [6.45, 7) is 5.62. The summed E-state index contributed by atoms with van der Waals surface area (Å²) < 4.78 is 29.0. The lowest BCUT2D eigenvalue weighted by molar-refractivity contribution is -0.155. The predicted molar refractivity (Wildman–Crippen MR) is 88.1 cm³/mol. The fourth-order valence-corrected chi connectivity index (χ4v) is 4.48. The molecule has 1 saturated carbocycles. The van der Waals surface area contributed by atoms with Crippen LogP contribution in [-0.2, 0) is 31.2 Å². The van der Waals surface area contributed by atoms with E-state index < -0.39 is 15.4 Å². The Kier molecular flexibility index (Phi) is 3.63. The normalized spacial score (nSPS) is 26.2. The summed E-state index contributed by atoms with van der Waals surface area (Å²) in [5.41, 5.74) is 1.89. The van der Waals surface area contributed by atoms with E-state index in [1.54, 1.807) is 6.07 Å². The van der Waals surface area contributed by atoms with Crippen molar-refractivity contribution >= 4 is 15.8 Å². The SMILES string of the molecule is CC(C)(C)OC(=O)CC1CC12CCc1ccc(S(C)(=O)=O)cc12. The Bertz CT molecular complexity index is 758. The first-order valence-corrected chi connectivity index (χ1v) is 9.96. The van der Waals surface area contributed by atoms with Crippen LogP contribution in [0.4, 0.5) is 0 Å². The smallest absolute Gasteiger partial charge is 0.306 e. The number of rotatable bonds is 3. The summed E-state index contributed by atoms with van der Waals surface area (Å²) in [6.07, 6.45) is 4.57. The molecule has 2 aliphatic carbocycles. The minimum atomic E-state index is -3.20. The largest absolute Gasteiger partial charge is 0.460 e. The molecule has 2 atom stereocenters. The molecule has 5 heteroatoms. The molecule has 1 spiro atoms. The van der Waals surface area contributed by atoms with Crippen molar-refractivity contribution in [3.8, 4) is 0 Å². The Hall–Kier alpha value is -1.36. The first kappa shape index (κ1) is 16.5. The average molecular weight is 336 g/mol. The molecule has 0 aliphatic heterocycles. The Labute approximate surface area is 138 Å². The van der Waals surface area contributed by atoms with Crippen LogP contribution in [0.15, 0.2) is 23.1 Å². The number of benzene rings is 1. The number of aryl methyl sites for hydroxylation is 1. The van der Waals surface area contributed by atoms with Gasteiger partial charge in [0.25, 0.3) is 0 Å². The van der Waals surface area contributed by atoms with Crippen LogP contribution in [0.3, 0.4) is 0 Å². The van der Waals surface area contributed by atoms with Gasteiger partial charge >= 0.3 is 5.97 Å². The third-order valence-corrected chi connectivity index (χ3v) is 6.06. The molecule has 2 unspecified atom stereocenters. The van der Waals surface area contributed by atoms with Crippen LogP contribution in [0.1, 0.15) is 51.2 Å². The molecule has 126 valence electrons. The number of hydrogen-bond acceptors (Lipinski definition) is 4. The van der Waals surface area contributed by atoms with E-state index in [9.17, 15) is 13.2 Å². The summed E-state index contributed by atoms with van der Waals surface area (Å²) in [5, 5.41) is 0. The molecule has 0 bridgehead atoms. The first-order chi connectivity index (χ1) is 10.5. The van der Waals surface area contributed by atoms with Crippen LogP contribution in [0.5, 0.6) is 0 Å². The number of hydrogen-bond donors (Lipinski definition) is 0. The summed E-state index contributed by atoms with van der Waals surface area (Å²) in [7, 11) is -3.20. The highest BCUT2D eigenvalue weighted by Crippen LogP contribution is 2.63. The quantitative estimate of drug-likeness (QED) is 0.796. The molecular weight excluding hydrogens is 312 g/mol. The van der Waals surface area contributed by atoms with Crippen LogP contribution in [-0.4, -0.2) is 26.2 Å². The van der Waals surface area contributed by atoms with Gasteiger partial charge in [0.1, 0.15) is 5.60 Å². The zero-order valence-corrected chi connectivity index (χ0v) is 15.0. The number of carbonyl (C=O) groups is 1. The molecular formula is C18H24O4S. The Balaban J connectivity index is 1.80. The van der Waals surface area contributed by atoms with Gasteiger partial charge in [0.05, 0.1) is 4.90 Å². The maximum absolute atomic E-state index is 12.1. The molecule has 0 saturated heterocycles. The fraction of sp³-hybridized carbons (Fsp3) is 0.611. The van der Waals surface area contributed by atoms with Gasteiger partial charge in [0, 0.05) is 12.7 Å². The molecule has 0 heterocycles. The summed E-state index contributed by atoms with van der Waals surface area (Å²) in [6, 6.07) is 5.45. The zero-order valence-electron chi connectivity index (χ0n) is 14.2. The predicted octanol–water partition coefficient (Wildman–Crippen LogP) is 3.03. The lowest BCUT2D eigenvalue weighted by atomic mass is 9.94. The van der Waals surface area contributed by atoms with Crippen LogP contribution in [0, 0.1) is 5.92 Å². The number of carbonyl (C=O) groups excluding carboxylic acids is 1. The van der Waals surface area contributed by atoms with E-state index in [0.29, 0.717) is 11.3 Å². The number of esters is 1. The van der Waals surface area contributed by atoms with Crippen LogP contribution in [0.25, 0.3) is 0 Å². The molecule has 0 aromatic heterocycles. The van der Waals surface area contributed by atoms with Crippen molar-refractivity contribution in [3.63, 3.8) is 0 Å². The van der Waals surface area contributed by atoms with Gasteiger partial charge in [0.15, 0.2) is 9.84 Å². The maximum Gasteiger partial charge on any atom is 0.306 e. The lowest BCUT2D eigenvalue weighted by Gasteiger charge is -2.20. The van der Waals surface area contributed by atoms with Crippen LogP contribution < -0.4 is 0 Å². The molecule has 3 rings (SSSR count). The summed E-state index contributed by atoms with van der Waals surface area (Å²) in [5.74, 6) is 0.112. The highest BCUT2D eigenvalue weighted by molar-refractivity contribution is 7.90. The Morgan fingerprint density at radius 3 is 2.65 bits per heavy atom. The van der Waals surface area contributed by atoms with Crippen molar-refractivity contribution < 1.29 is 17.9 Å². The van der Waals surface area contributed by atoms with Gasteiger partial charge in [-0.3, -0.25) is 4.79 Å². The molecule has 1 aromatic carbocycles. The van der Waals surface area contributed by atoms with Gasteiger partial charge in [-0.2, -0.15) is 0 Å². The van der Waals surface area contributed by atoms with E-state index >= 15 is 0 Å². The third-order valence-electron chi connectivity index (χ3n) is 4.95. The van der Waals surface area contributed by atoms with Crippen molar-refractivity contribution in [2.24, 2.45) is 5.92 Å². The highest BCUT2D eigenvalue weighted by atomic mass is 32.2. The average Bonchev–Trinajstić information content (AvgIpc) is 2.92. The Morgan fingerprint density at radius 2 is 2.04 bits per heavy atom. The first-order valence-electron chi connectivity index (χ1n) is 8.07. The van der Waals surface area contributed by atoms with Gasteiger partial charge in [-0.25, -0.2) is 8.42 Å². The molecule has 1 fully saturated rings. The number of fused-ring (bicyclic) bond motifs is 2. The lowest BCUT2D eigenvalue weighted by Crippen LogP contribution is -2.24. The zero-order chi connectivity index (χ0) is 17.0. The van der Waals surface area contributed by atoms with E-state index in [-0.39, 0.29) is 17.3 Å². The van der Waals surface area contributed by atoms with E-state index in [2.05, 4.69) is 0 Å². The molecule has 4 nitrogen and oxygen atoms in total. The van der Waals surface area contributed by atoms with Gasteiger partial charge in [0.2, 0.25) is 0 Å². The van der Waals surface area contributed by atoms with Crippen LogP contribution in [0.2, 0.25) is 0 Å². The highest BCUT2D eigenvalue weighted by Gasteiger charge is 2.58. The van der Waals surface area contributed by atoms with Crippen molar-refractivity contribution in [2.75, 3.05) is 6.26 Å². The van der Waals surface area contributed by atoms with Gasteiger partial charge in [-0.1, -0.05) is 6.07 Å². The minimum Gasteiger partial charge on any atom is -0.460 e. The molecule has 23 heavy (non-hydrogen) atoms. The van der Waals surface area contributed by atoms with Gasteiger partial charge in [-0.15, -0.1) is 0 Å². The second-order valence-corrected chi connectivity index (χ2v) is 9.95. The fourth-order valence-electron chi connectivity index (χ4n) is 3.83. The maximum atomic E-state index is 12.1. The standard InChI is InChI=1S/C18H24O4S/c1-17(2,3)22-16(19)9-13-11-18(13)8-7-12-5-6-14(10-15(12)18)23(4,20)21/h5-6,10,13H,7-9,11H2,1-4H3. The second-order valence-electron chi connectivity index (χ2n) is 7.94. The molecule has 2 aliphatic rings. The topological polar surface area (TPSA) is 60.4 Å².